The molecule has 2 aromatic heterocycles. The Kier molecular flexibility index (Phi) is 4.00. The molecule has 1 saturated heterocycles. The molecule has 0 radical (unpaired) electrons. The minimum absolute atomic E-state index is 0.0728. The van der Waals surface area contributed by atoms with E-state index in [4.69, 9.17) is 10.5 Å². The maximum atomic E-state index is 5.77. The molecule has 2 aromatic rings. The lowest BCUT2D eigenvalue weighted by atomic mass is 10.3. The monoisotopic (exact) mass is 293 g/mol. The van der Waals surface area contributed by atoms with E-state index in [9.17, 15) is 0 Å². The fourth-order valence-corrected chi connectivity index (χ4v) is 3.02. The van der Waals surface area contributed by atoms with Crippen molar-refractivity contribution in [2.75, 3.05) is 43.1 Å². The van der Waals surface area contributed by atoms with Crippen LogP contribution in [0.2, 0.25) is 0 Å². The van der Waals surface area contributed by atoms with Crippen molar-refractivity contribution in [3.8, 4) is 0 Å². The zero-order valence-corrected chi connectivity index (χ0v) is 12.3. The molecule has 0 spiro atoms. The van der Waals surface area contributed by atoms with Crippen LogP contribution in [-0.2, 0) is 4.74 Å². The first-order chi connectivity index (χ1) is 9.74. The first kappa shape index (κ1) is 13.5. The summed E-state index contributed by atoms with van der Waals surface area (Å²) < 4.78 is 6.55. The molecule has 0 aromatic carbocycles. The van der Waals surface area contributed by atoms with Gasteiger partial charge in [-0.05, 0) is 18.4 Å². The van der Waals surface area contributed by atoms with Crippen molar-refractivity contribution < 1.29 is 4.74 Å². The Balaban J connectivity index is 1.93. The molecular weight excluding hydrogens is 274 g/mol. The summed E-state index contributed by atoms with van der Waals surface area (Å²) in [6, 6.07) is 2.10. The molecule has 20 heavy (non-hydrogen) atoms. The van der Waals surface area contributed by atoms with Gasteiger partial charge in [-0.25, -0.2) is 4.98 Å². The van der Waals surface area contributed by atoms with E-state index < -0.39 is 0 Å². The number of fused-ring (bicyclic) bond motifs is 1. The van der Waals surface area contributed by atoms with E-state index in [0.717, 1.165) is 42.3 Å². The molecular formula is C13H19N5OS. The van der Waals surface area contributed by atoms with Crippen LogP contribution in [0.3, 0.4) is 0 Å². The van der Waals surface area contributed by atoms with Crippen molar-refractivity contribution >= 4 is 33.3 Å². The molecule has 1 atom stereocenters. The Bertz CT molecular complexity index is 579. The number of rotatable bonds is 4. The fraction of sp³-hybridized carbons (Fsp3) is 0.538. The number of nitrogens with zero attached hydrogens (tertiary/aromatic N) is 3. The van der Waals surface area contributed by atoms with Gasteiger partial charge in [0, 0.05) is 25.7 Å². The highest BCUT2D eigenvalue weighted by Gasteiger charge is 2.18. The van der Waals surface area contributed by atoms with Crippen molar-refractivity contribution in [2.24, 2.45) is 5.73 Å². The number of aromatic nitrogens is 2. The van der Waals surface area contributed by atoms with E-state index in [0.29, 0.717) is 12.5 Å². The van der Waals surface area contributed by atoms with Crippen molar-refractivity contribution in [3.05, 3.63) is 11.4 Å². The number of hydrogen-bond acceptors (Lipinski definition) is 7. The average Bonchev–Trinajstić information content (AvgIpc) is 2.93. The van der Waals surface area contributed by atoms with Crippen LogP contribution in [0.25, 0.3) is 10.2 Å². The number of nitrogens with two attached hydrogens (primary N) is 1. The number of anilines is 2. The predicted octanol–water partition coefficient (Wildman–Crippen LogP) is 1.29. The Morgan fingerprint density at radius 3 is 3.00 bits per heavy atom. The molecule has 0 saturated carbocycles. The van der Waals surface area contributed by atoms with Crippen LogP contribution in [0.15, 0.2) is 11.4 Å². The van der Waals surface area contributed by atoms with Gasteiger partial charge in [-0.15, -0.1) is 11.3 Å². The van der Waals surface area contributed by atoms with Gasteiger partial charge in [0.15, 0.2) is 5.82 Å². The molecule has 0 amide bonds. The van der Waals surface area contributed by atoms with Gasteiger partial charge in [0.25, 0.3) is 0 Å². The maximum absolute atomic E-state index is 5.77. The molecule has 0 aliphatic carbocycles. The SMILES string of the molecule is CC(N)CNc1nc(N2CCOCC2)c2sccc2n1. The van der Waals surface area contributed by atoms with E-state index >= 15 is 0 Å². The molecule has 1 aliphatic heterocycles. The maximum Gasteiger partial charge on any atom is 0.225 e. The predicted molar refractivity (Wildman–Crippen MR) is 82.6 cm³/mol. The van der Waals surface area contributed by atoms with Crippen LogP contribution >= 0.6 is 11.3 Å². The van der Waals surface area contributed by atoms with Crippen molar-refractivity contribution in [1.82, 2.24) is 9.97 Å². The highest BCUT2D eigenvalue weighted by atomic mass is 32.1. The standard InChI is InChI=1S/C13H19N5OS/c1-9(14)8-15-13-16-10-2-7-20-11(10)12(17-13)18-3-5-19-6-4-18/h2,7,9H,3-6,8,14H2,1H3,(H,15,16,17). The molecule has 3 N–H and O–H groups in total. The summed E-state index contributed by atoms with van der Waals surface area (Å²) in [5.41, 5.74) is 6.76. The van der Waals surface area contributed by atoms with E-state index in [1.54, 1.807) is 11.3 Å². The average molecular weight is 293 g/mol. The summed E-state index contributed by atoms with van der Waals surface area (Å²) >= 11 is 1.68. The zero-order chi connectivity index (χ0) is 13.9. The van der Waals surface area contributed by atoms with E-state index in [1.807, 2.05) is 13.0 Å². The van der Waals surface area contributed by atoms with Crippen LogP contribution in [0.4, 0.5) is 11.8 Å². The highest BCUT2D eigenvalue weighted by Crippen LogP contribution is 2.30. The highest BCUT2D eigenvalue weighted by molar-refractivity contribution is 7.17. The van der Waals surface area contributed by atoms with Gasteiger partial charge in [0.05, 0.1) is 23.4 Å². The molecule has 108 valence electrons. The quantitative estimate of drug-likeness (QED) is 0.884. The summed E-state index contributed by atoms with van der Waals surface area (Å²) in [6.07, 6.45) is 0. The lowest BCUT2D eigenvalue weighted by molar-refractivity contribution is 0.122. The second-order valence-electron chi connectivity index (χ2n) is 4.96. The lowest BCUT2D eigenvalue weighted by Crippen LogP contribution is -2.37. The van der Waals surface area contributed by atoms with Crippen molar-refractivity contribution in [1.29, 1.82) is 0 Å². The number of morpholine rings is 1. The Morgan fingerprint density at radius 2 is 2.25 bits per heavy atom. The largest absolute Gasteiger partial charge is 0.378 e. The number of ether oxygens (including phenoxy) is 1. The number of thiophene rings is 1. The fourth-order valence-electron chi connectivity index (χ4n) is 2.17. The van der Waals surface area contributed by atoms with Crippen molar-refractivity contribution in [3.63, 3.8) is 0 Å². The van der Waals surface area contributed by atoms with Crippen LogP contribution in [0.5, 0.6) is 0 Å². The normalized spacial score (nSPS) is 17.4. The second-order valence-corrected chi connectivity index (χ2v) is 5.88. The summed E-state index contributed by atoms with van der Waals surface area (Å²) in [5.74, 6) is 1.65. The zero-order valence-electron chi connectivity index (χ0n) is 11.5. The molecule has 0 bridgehead atoms. The number of hydrogen-bond donors (Lipinski definition) is 2. The van der Waals surface area contributed by atoms with E-state index in [1.165, 1.54) is 0 Å². The lowest BCUT2D eigenvalue weighted by Gasteiger charge is -2.28. The van der Waals surface area contributed by atoms with Gasteiger partial charge in [-0.3, -0.25) is 0 Å². The van der Waals surface area contributed by atoms with Gasteiger partial charge < -0.3 is 20.7 Å². The van der Waals surface area contributed by atoms with Crippen LogP contribution in [-0.4, -0.2) is 48.9 Å². The smallest absolute Gasteiger partial charge is 0.225 e. The van der Waals surface area contributed by atoms with Gasteiger partial charge in [0.2, 0.25) is 5.95 Å². The summed E-state index contributed by atoms with van der Waals surface area (Å²) in [6.45, 7) is 5.86. The summed E-state index contributed by atoms with van der Waals surface area (Å²) in [5, 5.41) is 5.26. The molecule has 3 rings (SSSR count). The Hall–Kier alpha value is -1.44. The molecule has 3 heterocycles. The minimum atomic E-state index is 0.0728. The number of nitrogens with one attached hydrogen (secondary N) is 1. The third kappa shape index (κ3) is 2.84. The minimum Gasteiger partial charge on any atom is -0.378 e. The van der Waals surface area contributed by atoms with E-state index in [-0.39, 0.29) is 6.04 Å². The summed E-state index contributed by atoms with van der Waals surface area (Å²) in [7, 11) is 0. The van der Waals surface area contributed by atoms with Gasteiger partial charge in [-0.1, -0.05) is 0 Å². The first-order valence-electron chi connectivity index (χ1n) is 6.81. The molecule has 6 nitrogen and oxygen atoms in total. The second kappa shape index (κ2) is 5.90. The van der Waals surface area contributed by atoms with Crippen LogP contribution in [0.1, 0.15) is 6.92 Å². The van der Waals surface area contributed by atoms with Gasteiger partial charge in [0.1, 0.15) is 0 Å². The third-order valence-electron chi connectivity index (χ3n) is 3.18. The molecule has 1 fully saturated rings. The van der Waals surface area contributed by atoms with Crippen molar-refractivity contribution in [2.45, 2.75) is 13.0 Å². The summed E-state index contributed by atoms with van der Waals surface area (Å²) in [4.78, 5) is 11.5. The Morgan fingerprint density at radius 1 is 1.45 bits per heavy atom. The van der Waals surface area contributed by atoms with Crippen LogP contribution < -0.4 is 16.0 Å². The third-order valence-corrected chi connectivity index (χ3v) is 4.08. The molecule has 7 heteroatoms. The first-order valence-corrected chi connectivity index (χ1v) is 7.69. The Labute approximate surface area is 122 Å². The van der Waals surface area contributed by atoms with Gasteiger partial charge >= 0.3 is 0 Å². The van der Waals surface area contributed by atoms with E-state index in [2.05, 4.69) is 25.6 Å². The molecule has 1 aliphatic rings. The molecule has 1 unspecified atom stereocenters. The topological polar surface area (TPSA) is 76.3 Å². The van der Waals surface area contributed by atoms with Crippen LogP contribution in [0, 0.1) is 0 Å². The van der Waals surface area contributed by atoms with Gasteiger partial charge in [-0.2, -0.15) is 4.98 Å².